The number of amides is 1. The van der Waals surface area contributed by atoms with Crippen molar-refractivity contribution in [3.05, 3.63) is 93.6 Å². The van der Waals surface area contributed by atoms with Crippen LogP contribution >= 0.6 is 15.9 Å². The van der Waals surface area contributed by atoms with E-state index in [4.69, 9.17) is 14.2 Å². The smallest absolute Gasteiger partial charge is 0.273 e. The second-order valence-corrected chi connectivity index (χ2v) is 9.40. The first-order valence-corrected chi connectivity index (χ1v) is 12.3. The summed E-state index contributed by atoms with van der Waals surface area (Å²) in [6, 6.07) is 21.4. The van der Waals surface area contributed by atoms with Crippen LogP contribution in [0.3, 0.4) is 0 Å². The number of nitrogens with one attached hydrogen (secondary N) is 1. The maximum absolute atomic E-state index is 13.6. The van der Waals surface area contributed by atoms with E-state index in [2.05, 4.69) is 26.1 Å². The molecule has 1 aliphatic rings. The van der Waals surface area contributed by atoms with Gasteiger partial charge in [-0.15, -0.1) is 0 Å². The van der Waals surface area contributed by atoms with Crippen molar-refractivity contribution in [1.29, 1.82) is 0 Å². The van der Waals surface area contributed by atoms with E-state index in [0.717, 1.165) is 38.2 Å². The van der Waals surface area contributed by atoms with Crippen LogP contribution in [0.5, 0.6) is 17.2 Å². The van der Waals surface area contributed by atoms with Crippen molar-refractivity contribution < 1.29 is 19.0 Å². The van der Waals surface area contributed by atoms with Gasteiger partial charge in [-0.05, 0) is 66.1 Å². The number of hydrogen-bond donors (Lipinski definition) is 1. The highest BCUT2D eigenvalue weighted by Gasteiger charge is 2.41. The van der Waals surface area contributed by atoms with Crippen LogP contribution in [0.15, 0.2) is 71.2 Å². The topological polar surface area (TPSA) is 76.7 Å². The lowest BCUT2D eigenvalue weighted by atomic mass is 9.96. The Kier molecular flexibility index (Phi) is 6.69. The van der Waals surface area contributed by atoms with Crippen molar-refractivity contribution in [2.75, 3.05) is 27.9 Å². The van der Waals surface area contributed by atoms with Crippen LogP contribution in [0.1, 0.15) is 33.2 Å². The number of ether oxygens (including phenoxy) is 3. The Labute approximate surface area is 218 Å². The molecule has 0 fully saturated rings. The van der Waals surface area contributed by atoms with Gasteiger partial charge in [-0.3, -0.25) is 9.89 Å². The molecule has 184 valence electrons. The Morgan fingerprint density at radius 3 is 2.31 bits per heavy atom. The van der Waals surface area contributed by atoms with Gasteiger partial charge >= 0.3 is 0 Å². The standard InChI is InChI=1S/C28H26BrN3O4/c1-34-21-11-7-18(8-12-21)25-24-26(31-30-25)28(33)32(27(24)19-5-9-20(29)10-6-19)15-14-17-4-13-22(35-2)23(16-17)36-3/h4-13,16,27H,14-15H2,1-3H3,(H,30,31)/t27-/m0/s1. The number of carbonyl (C=O) groups excluding carboxylic acids is 1. The zero-order chi connectivity index (χ0) is 25.2. The first kappa shape index (κ1) is 23.9. The van der Waals surface area contributed by atoms with Gasteiger partial charge in [0.1, 0.15) is 11.4 Å². The number of hydrogen-bond acceptors (Lipinski definition) is 5. The van der Waals surface area contributed by atoms with E-state index in [1.54, 1.807) is 21.3 Å². The molecule has 0 saturated carbocycles. The van der Waals surface area contributed by atoms with Crippen molar-refractivity contribution >= 4 is 21.8 Å². The number of aromatic nitrogens is 2. The van der Waals surface area contributed by atoms with Gasteiger partial charge in [-0.25, -0.2) is 0 Å². The Hall–Kier alpha value is -3.78. The van der Waals surface area contributed by atoms with Gasteiger partial charge < -0.3 is 19.1 Å². The van der Waals surface area contributed by atoms with E-state index in [-0.39, 0.29) is 11.9 Å². The number of benzene rings is 3. The maximum atomic E-state index is 13.6. The third-order valence-electron chi connectivity index (χ3n) is 6.50. The summed E-state index contributed by atoms with van der Waals surface area (Å²) in [5.74, 6) is 2.05. The van der Waals surface area contributed by atoms with Gasteiger partial charge in [0.05, 0.1) is 33.1 Å². The minimum absolute atomic E-state index is 0.0642. The van der Waals surface area contributed by atoms with Crippen molar-refractivity contribution in [2.24, 2.45) is 0 Å². The number of aromatic amines is 1. The molecule has 1 N–H and O–H groups in total. The van der Waals surface area contributed by atoms with Gasteiger partial charge in [0.15, 0.2) is 11.5 Å². The SMILES string of the molecule is COc1ccc(-c2n[nH]c3c2[C@H](c2ccc(Br)cc2)N(CCc2ccc(OC)c(OC)c2)C3=O)cc1. The molecule has 0 radical (unpaired) electrons. The number of fused-ring (bicyclic) bond motifs is 1. The second kappa shape index (κ2) is 10.1. The van der Waals surface area contributed by atoms with Crippen molar-refractivity contribution in [2.45, 2.75) is 12.5 Å². The maximum Gasteiger partial charge on any atom is 0.273 e. The van der Waals surface area contributed by atoms with E-state index < -0.39 is 0 Å². The molecule has 0 aliphatic carbocycles. The molecule has 0 unspecified atom stereocenters. The van der Waals surface area contributed by atoms with E-state index in [1.165, 1.54) is 0 Å². The molecule has 0 spiro atoms. The van der Waals surface area contributed by atoms with Crippen LogP contribution in [0.25, 0.3) is 11.3 Å². The fourth-order valence-electron chi connectivity index (χ4n) is 4.67. The molecule has 5 rings (SSSR count). The molecule has 1 aromatic heterocycles. The van der Waals surface area contributed by atoms with Crippen molar-refractivity contribution in [3.8, 4) is 28.5 Å². The lowest BCUT2D eigenvalue weighted by molar-refractivity contribution is 0.0746. The van der Waals surface area contributed by atoms with Crippen molar-refractivity contribution in [3.63, 3.8) is 0 Å². The second-order valence-electron chi connectivity index (χ2n) is 8.48. The first-order chi connectivity index (χ1) is 17.5. The number of methoxy groups -OCH3 is 3. The average molecular weight is 548 g/mol. The number of halogens is 1. The minimum atomic E-state index is -0.267. The molecular weight excluding hydrogens is 522 g/mol. The summed E-state index contributed by atoms with van der Waals surface area (Å²) in [5, 5.41) is 7.57. The molecule has 1 aliphatic heterocycles. The fourth-order valence-corrected chi connectivity index (χ4v) is 4.94. The third-order valence-corrected chi connectivity index (χ3v) is 7.03. The zero-order valence-electron chi connectivity index (χ0n) is 20.2. The molecular formula is C28H26BrN3O4. The van der Waals surface area contributed by atoms with Gasteiger partial charge in [0.25, 0.3) is 5.91 Å². The van der Waals surface area contributed by atoms with Gasteiger partial charge in [0, 0.05) is 22.1 Å². The number of H-pyrrole nitrogens is 1. The largest absolute Gasteiger partial charge is 0.497 e. The third kappa shape index (κ3) is 4.33. The predicted octanol–water partition coefficient (Wildman–Crippen LogP) is 5.65. The Balaban J connectivity index is 1.51. The highest BCUT2D eigenvalue weighted by atomic mass is 79.9. The zero-order valence-corrected chi connectivity index (χ0v) is 21.8. The molecule has 1 amide bonds. The molecule has 36 heavy (non-hydrogen) atoms. The van der Waals surface area contributed by atoms with E-state index >= 15 is 0 Å². The van der Waals surface area contributed by atoms with Crippen LogP contribution in [0.2, 0.25) is 0 Å². The van der Waals surface area contributed by atoms with Gasteiger partial charge in [-0.1, -0.05) is 34.1 Å². The van der Waals surface area contributed by atoms with Crippen molar-refractivity contribution in [1.82, 2.24) is 15.1 Å². The fraction of sp³-hybridized carbons (Fsp3) is 0.214. The molecule has 2 heterocycles. The average Bonchev–Trinajstić information content (AvgIpc) is 3.46. The van der Waals surface area contributed by atoms with Gasteiger partial charge in [-0.2, -0.15) is 5.10 Å². The number of carbonyl (C=O) groups is 1. The Morgan fingerprint density at radius 1 is 0.917 bits per heavy atom. The first-order valence-electron chi connectivity index (χ1n) is 11.5. The molecule has 0 bridgehead atoms. The van der Waals surface area contributed by atoms with Crippen LogP contribution in [-0.2, 0) is 6.42 Å². The molecule has 8 heteroatoms. The number of rotatable bonds is 8. The molecule has 3 aromatic carbocycles. The predicted molar refractivity (Wildman–Crippen MR) is 141 cm³/mol. The molecule has 1 atom stereocenters. The van der Waals surface area contributed by atoms with Crippen LogP contribution in [0.4, 0.5) is 0 Å². The van der Waals surface area contributed by atoms with E-state index in [0.29, 0.717) is 30.2 Å². The van der Waals surface area contributed by atoms with E-state index in [9.17, 15) is 4.79 Å². The molecule has 0 saturated heterocycles. The van der Waals surface area contributed by atoms with E-state index in [1.807, 2.05) is 71.6 Å². The lowest BCUT2D eigenvalue weighted by Crippen LogP contribution is -2.31. The lowest BCUT2D eigenvalue weighted by Gasteiger charge is -2.26. The molecule has 4 aromatic rings. The normalized spacial score (nSPS) is 14.6. The molecule has 7 nitrogen and oxygen atoms in total. The summed E-state index contributed by atoms with van der Waals surface area (Å²) >= 11 is 3.52. The summed E-state index contributed by atoms with van der Waals surface area (Å²) in [5.41, 5.74) is 5.18. The van der Waals surface area contributed by atoms with Crippen LogP contribution in [0, 0.1) is 0 Å². The summed E-state index contributed by atoms with van der Waals surface area (Å²) < 4.78 is 17.1. The summed E-state index contributed by atoms with van der Waals surface area (Å²) in [7, 11) is 4.88. The van der Waals surface area contributed by atoms with Crippen LogP contribution in [-0.4, -0.2) is 48.9 Å². The Morgan fingerprint density at radius 2 is 1.64 bits per heavy atom. The highest BCUT2D eigenvalue weighted by molar-refractivity contribution is 9.10. The summed E-state index contributed by atoms with van der Waals surface area (Å²) in [6.45, 7) is 0.527. The minimum Gasteiger partial charge on any atom is -0.497 e. The monoisotopic (exact) mass is 547 g/mol. The summed E-state index contributed by atoms with van der Waals surface area (Å²) in [4.78, 5) is 15.5. The summed E-state index contributed by atoms with van der Waals surface area (Å²) in [6.07, 6.45) is 0.661. The quantitative estimate of drug-likeness (QED) is 0.308. The highest BCUT2D eigenvalue weighted by Crippen LogP contribution is 2.43. The Bertz CT molecular complexity index is 1380. The van der Waals surface area contributed by atoms with Crippen LogP contribution < -0.4 is 14.2 Å². The number of nitrogens with zero attached hydrogens (tertiary/aromatic N) is 2. The van der Waals surface area contributed by atoms with Gasteiger partial charge in [0.2, 0.25) is 0 Å².